The number of carbonyl (C=O) groups is 2. The van der Waals surface area contributed by atoms with E-state index in [-0.39, 0.29) is 32.2 Å². The highest BCUT2D eigenvalue weighted by atomic mass is 79.9. The number of carbonyl (C=O) groups excluding carboxylic acids is 2. The van der Waals surface area contributed by atoms with E-state index in [1.165, 1.54) is 43.1 Å². The van der Waals surface area contributed by atoms with Gasteiger partial charge in [-0.05, 0) is 75.6 Å². The second-order valence-electron chi connectivity index (χ2n) is 8.50. The molecular weight excluding hydrogens is 645 g/mol. The van der Waals surface area contributed by atoms with Crippen LogP contribution in [0.25, 0.3) is 5.76 Å². The van der Waals surface area contributed by atoms with Crippen molar-refractivity contribution in [3.63, 3.8) is 0 Å². The van der Waals surface area contributed by atoms with Crippen molar-refractivity contribution in [2.24, 2.45) is 0 Å². The first kappa shape index (κ1) is 28.1. The molecule has 204 valence electrons. The van der Waals surface area contributed by atoms with Crippen molar-refractivity contribution in [3.8, 4) is 11.5 Å². The van der Waals surface area contributed by atoms with Crippen molar-refractivity contribution in [1.29, 1.82) is 0 Å². The van der Waals surface area contributed by atoms with E-state index >= 15 is 0 Å². The summed E-state index contributed by atoms with van der Waals surface area (Å²) in [6.07, 6.45) is 0. The summed E-state index contributed by atoms with van der Waals surface area (Å²) < 4.78 is 19.6. The number of hydrogen-bond acceptors (Lipinski definition) is 9. The van der Waals surface area contributed by atoms with Gasteiger partial charge in [-0.15, -0.1) is 10.2 Å². The highest BCUT2D eigenvalue weighted by Crippen LogP contribution is 2.47. The maximum atomic E-state index is 13.6. The van der Waals surface area contributed by atoms with Crippen molar-refractivity contribution >= 4 is 73.2 Å². The Balaban J connectivity index is 1.59. The molecule has 8 nitrogen and oxygen atoms in total. The SMILES string of the molecule is COc1cc(C2/C(=C(/O)c3ccc(F)cc3)C(=O)C(=O)N2c2nnc(SCc3ccc(Cl)cc3)s2)cc(Br)c1O. The molecule has 1 fully saturated rings. The van der Waals surface area contributed by atoms with Crippen molar-refractivity contribution in [2.75, 3.05) is 12.0 Å². The Bertz CT molecular complexity index is 1650. The minimum Gasteiger partial charge on any atom is -0.507 e. The summed E-state index contributed by atoms with van der Waals surface area (Å²) in [7, 11) is 1.36. The summed E-state index contributed by atoms with van der Waals surface area (Å²) in [6.45, 7) is 0. The molecule has 1 aliphatic heterocycles. The average Bonchev–Trinajstić information content (AvgIpc) is 3.51. The monoisotopic (exact) mass is 661 g/mol. The molecule has 40 heavy (non-hydrogen) atoms. The summed E-state index contributed by atoms with van der Waals surface area (Å²) in [5.41, 5.74) is 1.26. The van der Waals surface area contributed by atoms with Gasteiger partial charge in [0.05, 0.1) is 23.2 Å². The number of benzene rings is 3. The number of thioether (sulfide) groups is 1. The van der Waals surface area contributed by atoms with E-state index < -0.39 is 29.3 Å². The van der Waals surface area contributed by atoms with Crippen LogP contribution in [-0.2, 0) is 15.3 Å². The highest BCUT2D eigenvalue weighted by molar-refractivity contribution is 9.10. The molecule has 1 aromatic heterocycles. The standard InChI is InChI=1S/C27H18BrClFN3O5S2/c1-38-19-11-15(10-18(28)23(19)35)21-20(22(34)14-4-8-17(30)9-5-14)24(36)25(37)33(21)26-31-32-27(40-26)39-12-13-2-6-16(29)7-3-13/h2-11,21,34-35H,12H2,1H3/b22-20-. The fraction of sp³-hybridized carbons (Fsp3) is 0.111. The Morgan fingerprint density at radius 2 is 1.85 bits per heavy atom. The number of aliphatic hydroxyl groups is 1. The third kappa shape index (κ3) is 5.44. The molecule has 1 atom stereocenters. The number of aromatic nitrogens is 2. The third-order valence-electron chi connectivity index (χ3n) is 6.03. The number of aliphatic hydroxyl groups excluding tert-OH is 1. The van der Waals surface area contributed by atoms with Gasteiger partial charge >= 0.3 is 5.91 Å². The Morgan fingerprint density at radius 1 is 1.15 bits per heavy atom. The van der Waals surface area contributed by atoms with E-state index in [0.717, 1.165) is 33.9 Å². The third-order valence-corrected chi connectivity index (χ3v) is 9.01. The summed E-state index contributed by atoms with van der Waals surface area (Å²) in [4.78, 5) is 27.9. The number of anilines is 1. The summed E-state index contributed by atoms with van der Waals surface area (Å²) in [6, 6.07) is 14.0. The Morgan fingerprint density at radius 3 is 2.52 bits per heavy atom. The molecule has 0 spiro atoms. The molecule has 1 amide bonds. The van der Waals surface area contributed by atoms with Gasteiger partial charge < -0.3 is 14.9 Å². The Labute approximate surface area is 249 Å². The zero-order valence-corrected chi connectivity index (χ0v) is 24.4. The zero-order valence-electron chi connectivity index (χ0n) is 20.5. The lowest BCUT2D eigenvalue weighted by Gasteiger charge is -2.23. The molecule has 0 saturated carbocycles. The van der Waals surface area contributed by atoms with Crippen molar-refractivity contribution < 1.29 is 28.9 Å². The van der Waals surface area contributed by atoms with Gasteiger partial charge in [-0.1, -0.05) is 46.8 Å². The van der Waals surface area contributed by atoms with E-state index in [1.54, 1.807) is 12.1 Å². The van der Waals surface area contributed by atoms with Gasteiger partial charge in [-0.2, -0.15) is 0 Å². The predicted molar refractivity (Wildman–Crippen MR) is 154 cm³/mol. The van der Waals surface area contributed by atoms with Crippen LogP contribution in [0.5, 0.6) is 11.5 Å². The molecule has 2 N–H and O–H groups in total. The van der Waals surface area contributed by atoms with Crippen LogP contribution in [0, 0.1) is 5.82 Å². The number of phenolic OH excluding ortho intramolecular Hbond substituents is 1. The Kier molecular flexibility index (Phi) is 8.13. The number of ketones is 1. The second kappa shape index (κ2) is 11.6. The van der Waals surface area contributed by atoms with Gasteiger partial charge in [0.2, 0.25) is 5.13 Å². The Hall–Kier alpha value is -3.45. The van der Waals surface area contributed by atoms with Gasteiger partial charge in [0.15, 0.2) is 15.8 Å². The lowest BCUT2D eigenvalue weighted by atomic mass is 9.95. The molecule has 1 aliphatic rings. The first-order valence-corrected chi connectivity index (χ1v) is 14.5. The van der Waals surface area contributed by atoms with Gasteiger partial charge in [0.1, 0.15) is 11.6 Å². The van der Waals surface area contributed by atoms with Crippen LogP contribution in [-0.4, -0.2) is 39.2 Å². The number of methoxy groups -OCH3 is 1. The maximum absolute atomic E-state index is 13.6. The van der Waals surface area contributed by atoms with Crippen LogP contribution in [0.1, 0.15) is 22.7 Å². The van der Waals surface area contributed by atoms with E-state index in [1.807, 2.05) is 12.1 Å². The van der Waals surface area contributed by atoms with Gasteiger partial charge in [-0.25, -0.2) is 4.39 Å². The van der Waals surface area contributed by atoms with E-state index in [4.69, 9.17) is 16.3 Å². The van der Waals surface area contributed by atoms with Crippen LogP contribution in [0.3, 0.4) is 0 Å². The normalized spacial score (nSPS) is 16.5. The number of nitrogens with zero attached hydrogens (tertiary/aromatic N) is 3. The molecule has 0 bridgehead atoms. The van der Waals surface area contributed by atoms with Crippen LogP contribution >= 0.6 is 50.6 Å². The number of halogens is 3. The molecule has 13 heteroatoms. The van der Waals surface area contributed by atoms with Crippen LogP contribution in [0.15, 0.2) is 75.0 Å². The first-order chi connectivity index (χ1) is 19.2. The summed E-state index contributed by atoms with van der Waals surface area (Å²) >= 11 is 11.7. The first-order valence-electron chi connectivity index (χ1n) is 11.5. The largest absolute Gasteiger partial charge is 0.507 e. The van der Waals surface area contributed by atoms with Gasteiger partial charge in [-0.3, -0.25) is 14.5 Å². The van der Waals surface area contributed by atoms with Gasteiger partial charge in [0.25, 0.3) is 5.78 Å². The number of Topliss-reactive ketones (excluding diaryl/α,β-unsaturated/α-hetero) is 1. The summed E-state index contributed by atoms with van der Waals surface area (Å²) in [5, 5.41) is 30.7. The number of aromatic hydroxyl groups is 1. The molecule has 4 aromatic rings. The number of ether oxygens (including phenoxy) is 1. The molecule has 5 rings (SSSR count). The number of phenols is 1. The van der Waals surface area contributed by atoms with Crippen molar-refractivity contribution in [1.82, 2.24) is 10.2 Å². The molecule has 2 heterocycles. The minimum absolute atomic E-state index is 0.0771. The van der Waals surface area contributed by atoms with E-state index in [0.29, 0.717) is 20.7 Å². The molecular formula is C27H18BrClFN3O5S2. The fourth-order valence-corrected chi connectivity index (χ4v) is 6.51. The molecule has 1 unspecified atom stereocenters. The second-order valence-corrected chi connectivity index (χ2v) is 12.0. The molecule has 3 aromatic carbocycles. The van der Waals surface area contributed by atoms with Crippen molar-refractivity contribution in [3.05, 3.63) is 98.2 Å². The zero-order chi connectivity index (χ0) is 28.6. The lowest BCUT2D eigenvalue weighted by Crippen LogP contribution is -2.29. The number of rotatable bonds is 7. The molecule has 1 saturated heterocycles. The van der Waals surface area contributed by atoms with Crippen molar-refractivity contribution in [2.45, 2.75) is 16.1 Å². The van der Waals surface area contributed by atoms with Crippen LogP contribution < -0.4 is 9.64 Å². The number of amides is 1. The predicted octanol–water partition coefficient (Wildman–Crippen LogP) is 6.73. The quantitative estimate of drug-likeness (QED) is 0.0737. The highest BCUT2D eigenvalue weighted by Gasteiger charge is 2.48. The van der Waals surface area contributed by atoms with E-state index in [2.05, 4.69) is 26.1 Å². The van der Waals surface area contributed by atoms with Gasteiger partial charge in [0, 0.05) is 16.3 Å². The average molecular weight is 663 g/mol. The smallest absolute Gasteiger partial charge is 0.301 e. The minimum atomic E-state index is -1.15. The number of hydrogen-bond donors (Lipinski definition) is 2. The van der Waals surface area contributed by atoms with E-state index in [9.17, 15) is 24.2 Å². The molecule has 0 radical (unpaired) electrons. The topological polar surface area (TPSA) is 113 Å². The maximum Gasteiger partial charge on any atom is 0.301 e. The lowest BCUT2D eigenvalue weighted by molar-refractivity contribution is -0.132. The van der Waals surface area contributed by atoms with Crippen LogP contribution in [0.2, 0.25) is 5.02 Å². The summed E-state index contributed by atoms with van der Waals surface area (Å²) in [5.74, 6) is -2.44. The van der Waals surface area contributed by atoms with Crippen LogP contribution in [0.4, 0.5) is 9.52 Å². The molecule has 0 aliphatic carbocycles. The fourth-order valence-electron chi connectivity index (χ4n) is 4.10.